The second-order valence-electron chi connectivity index (χ2n) is 3.54. The minimum atomic E-state index is 0.103. The number of amides is 1. The van der Waals surface area contributed by atoms with E-state index in [-0.39, 0.29) is 5.91 Å². The minimum Gasteiger partial charge on any atom is -0.355 e. The van der Waals surface area contributed by atoms with E-state index in [0.717, 1.165) is 25.3 Å². The Morgan fingerprint density at radius 1 is 1.50 bits per heavy atom. The molecule has 84 valence electrons. The van der Waals surface area contributed by atoms with E-state index in [9.17, 15) is 4.79 Å². The molecule has 1 atom stereocenters. The summed E-state index contributed by atoms with van der Waals surface area (Å²) >= 11 is 1.82. The number of carbonyl (C=O) groups is 1. The van der Waals surface area contributed by atoms with Gasteiger partial charge in [-0.1, -0.05) is 13.8 Å². The minimum absolute atomic E-state index is 0.103. The average Bonchev–Trinajstić information content (AvgIpc) is 2.16. The lowest BCUT2D eigenvalue weighted by Crippen LogP contribution is -2.36. The molecule has 0 aliphatic rings. The molecule has 0 aromatic rings. The SMILES string of the molecule is CCCNCC(=O)NCC(C)CSC. The Hall–Kier alpha value is -0.220. The van der Waals surface area contributed by atoms with E-state index in [1.165, 1.54) is 0 Å². The van der Waals surface area contributed by atoms with E-state index >= 15 is 0 Å². The summed E-state index contributed by atoms with van der Waals surface area (Å²) < 4.78 is 0. The van der Waals surface area contributed by atoms with Crippen LogP contribution in [0.2, 0.25) is 0 Å². The number of carbonyl (C=O) groups excluding carboxylic acids is 1. The highest BCUT2D eigenvalue weighted by Crippen LogP contribution is 2.02. The molecule has 0 radical (unpaired) electrons. The van der Waals surface area contributed by atoms with Crippen molar-refractivity contribution in [2.75, 3.05) is 31.6 Å². The Morgan fingerprint density at radius 3 is 2.79 bits per heavy atom. The maximum atomic E-state index is 11.2. The summed E-state index contributed by atoms with van der Waals surface area (Å²) in [5.41, 5.74) is 0. The molecule has 0 fully saturated rings. The maximum absolute atomic E-state index is 11.2. The third-order valence-corrected chi connectivity index (χ3v) is 2.71. The second kappa shape index (κ2) is 9.34. The largest absolute Gasteiger partial charge is 0.355 e. The van der Waals surface area contributed by atoms with Crippen LogP contribution >= 0.6 is 11.8 Å². The van der Waals surface area contributed by atoms with Crippen molar-refractivity contribution in [3.8, 4) is 0 Å². The zero-order valence-electron chi connectivity index (χ0n) is 9.43. The summed E-state index contributed by atoms with van der Waals surface area (Å²) in [6.45, 7) is 6.38. The van der Waals surface area contributed by atoms with Gasteiger partial charge in [-0.15, -0.1) is 0 Å². The molecule has 14 heavy (non-hydrogen) atoms. The summed E-state index contributed by atoms with van der Waals surface area (Å²) in [5.74, 6) is 1.76. The van der Waals surface area contributed by atoms with Gasteiger partial charge >= 0.3 is 0 Å². The van der Waals surface area contributed by atoms with Crippen molar-refractivity contribution in [3.63, 3.8) is 0 Å². The molecule has 0 saturated heterocycles. The molecular formula is C10H22N2OS. The van der Waals surface area contributed by atoms with Crippen LogP contribution in [0, 0.1) is 5.92 Å². The van der Waals surface area contributed by atoms with Gasteiger partial charge in [0.15, 0.2) is 0 Å². The molecule has 1 unspecified atom stereocenters. The van der Waals surface area contributed by atoms with Crippen LogP contribution in [0.25, 0.3) is 0 Å². The quantitative estimate of drug-likeness (QED) is 0.600. The van der Waals surface area contributed by atoms with Gasteiger partial charge in [0.2, 0.25) is 5.91 Å². The van der Waals surface area contributed by atoms with Crippen LogP contribution in [0.15, 0.2) is 0 Å². The fourth-order valence-corrected chi connectivity index (χ4v) is 1.76. The topological polar surface area (TPSA) is 41.1 Å². The van der Waals surface area contributed by atoms with Gasteiger partial charge in [0.1, 0.15) is 0 Å². The van der Waals surface area contributed by atoms with Gasteiger partial charge in [-0.2, -0.15) is 11.8 Å². The molecule has 0 aromatic carbocycles. The predicted molar refractivity (Wildman–Crippen MR) is 63.7 cm³/mol. The van der Waals surface area contributed by atoms with Crippen molar-refractivity contribution in [1.82, 2.24) is 10.6 Å². The standard InChI is InChI=1S/C10H22N2OS/c1-4-5-11-7-10(13)12-6-9(2)8-14-3/h9,11H,4-8H2,1-3H3,(H,12,13). The molecule has 3 nitrogen and oxygen atoms in total. The Kier molecular flexibility index (Phi) is 9.19. The van der Waals surface area contributed by atoms with E-state index in [1.54, 1.807) is 0 Å². The van der Waals surface area contributed by atoms with Gasteiger partial charge in [0.25, 0.3) is 0 Å². The Balaban J connectivity index is 3.34. The number of thioether (sulfide) groups is 1. The van der Waals surface area contributed by atoms with Gasteiger partial charge in [-0.3, -0.25) is 4.79 Å². The maximum Gasteiger partial charge on any atom is 0.233 e. The number of rotatable bonds is 8. The molecule has 0 spiro atoms. The summed E-state index contributed by atoms with van der Waals surface area (Å²) in [6, 6.07) is 0. The van der Waals surface area contributed by atoms with Gasteiger partial charge in [-0.05, 0) is 30.9 Å². The molecule has 0 aliphatic heterocycles. The summed E-state index contributed by atoms with van der Waals surface area (Å²) in [7, 11) is 0. The Bertz CT molecular complexity index is 153. The van der Waals surface area contributed by atoms with Gasteiger partial charge < -0.3 is 10.6 Å². The van der Waals surface area contributed by atoms with Crippen molar-refractivity contribution < 1.29 is 4.79 Å². The van der Waals surface area contributed by atoms with Gasteiger partial charge in [-0.25, -0.2) is 0 Å². The zero-order chi connectivity index (χ0) is 10.8. The number of hydrogen-bond acceptors (Lipinski definition) is 3. The summed E-state index contributed by atoms with van der Waals surface area (Å²) in [4.78, 5) is 11.2. The van der Waals surface area contributed by atoms with E-state index in [2.05, 4.69) is 30.7 Å². The fourth-order valence-electron chi connectivity index (χ4n) is 1.07. The Morgan fingerprint density at radius 2 is 2.21 bits per heavy atom. The van der Waals surface area contributed by atoms with E-state index < -0.39 is 0 Å². The summed E-state index contributed by atoms with van der Waals surface area (Å²) in [6.07, 6.45) is 3.15. The van der Waals surface area contributed by atoms with Crippen molar-refractivity contribution in [2.45, 2.75) is 20.3 Å². The van der Waals surface area contributed by atoms with Crippen molar-refractivity contribution >= 4 is 17.7 Å². The first kappa shape index (κ1) is 13.8. The second-order valence-corrected chi connectivity index (χ2v) is 4.45. The third-order valence-electron chi connectivity index (χ3n) is 1.81. The number of hydrogen-bond donors (Lipinski definition) is 2. The number of nitrogens with one attached hydrogen (secondary N) is 2. The van der Waals surface area contributed by atoms with Crippen molar-refractivity contribution in [2.24, 2.45) is 5.92 Å². The molecule has 1 amide bonds. The van der Waals surface area contributed by atoms with Crippen LogP contribution in [-0.4, -0.2) is 37.6 Å². The molecule has 0 bridgehead atoms. The molecule has 2 N–H and O–H groups in total. The normalized spacial score (nSPS) is 12.5. The van der Waals surface area contributed by atoms with Crippen LogP contribution in [-0.2, 0) is 4.79 Å². The fraction of sp³-hybridized carbons (Fsp3) is 0.900. The van der Waals surface area contributed by atoms with Gasteiger partial charge in [0, 0.05) is 6.54 Å². The first-order valence-corrected chi connectivity index (χ1v) is 6.56. The highest BCUT2D eigenvalue weighted by Gasteiger charge is 2.03. The van der Waals surface area contributed by atoms with Crippen LogP contribution in [0.4, 0.5) is 0 Å². The monoisotopic (exact) mass is 218 g/mol. The lowest BCUT2D eigenvalue weighted by atomic mass is 10.2. The molecule has 0 heterocycles. The van der Waals surface area contributed by atoms with E-state index in [0.29, 0.717) is 12.5 Å². The highest BCUT2D eigenvalue weighted by atomic mass is 32.2. The van der Waals surface area contributed by atoms with Gasteiger partial charge in [0.05, 0.1) is 6.54 Å². The Labute approximate surface area is 91.4 Å². The van der Waals surface area contributed by atoms with Crippen LogP contribution in [0.3, 0.4) is 0 Å². The molecular weight excluding hydrogens is 196 g/mol. The van der Waals surface area contributed by atoms with E-state index in [1.807, 2.05) is 11.8 Å². The predicted octanol–water partition coefficient (Wildman–Crippen LogP) is 1.10. The zero-order valence-corrected chi connectivity index (χ0v) is 10.2. The van der Waals surface area contributed by atoms with Crippen molar-refractivity contribution in [1.29, 1.82) is 0 Å². The lowest BCUT2D eigenvalue weighted by molar-refractivity contribution is -0.120. The first-order valence-electron chi connectivity index (χ1n) is 5.17. The lowest BCUT2D eigenvalue weighted by Gasteiger charge is -2.11. The molecule has 4 heteroatoms. The highest BCUT2D eigenvalue weighted by molar-refractivity contribution is 7.98. The third kappa shape index (κ3) is 8.38. The van der Waals surface area contributed by atoms with Crippen molar-refractivity contribution in [3.05, 3.63) is 0 Å². The first-order chi connectivity index (χ1) is 6.70. The van der Waals surface area contributed by atoms with Crippen LogP contribution < -0.4 is 10.6 Å². The molecule has 0 aromatic heterocycles. The smallest absolute Gasteiger partial charge is 0.233 e. The molecule has 0 aliphatic carbocycles. The average molecular weight is 218 g/mol. The summed E-state index contributed by atoms with van der Waals surface area (Å²) in [5, 5.41) is 5.98. The molecule has 0 rings (SSSR count). The molecule has 0 saturated carbocycles. The van der Waals surface area contributed by atoms with Crippen LogP contribution in [0.1, 0.15) is 20.3 Å². The van der Waals surface area contributed by atoms with Crippen LogP contribution in [0.5, 0.6) is 0 Å². The van der Waals surface area contributed by atoms with E-state index in [4.69, 9.17) is 0 Å².